The van der Waals surface area contributed by atoms with Crippen LogP contribution in [-0.2, 0) is 0 Å². The first-order valence-corrected chi connectivity index (χ1v) is 7.43. The molecule has 0 aliphatic carbocycles. The zero-order valence-corrected chi connectivity index (χ0v) is 13.1. The van der Waals surface area contributed by atoms with Crippen LogP contribution in [0.2, 0.25) is 5.02 Å². The molecule has 0 spiro atoms. The zero-order chi connectivity index (χ0) is 13.1. The molecule has 0 bridgehead atoms. The molecule has 5 heteroatoms. The fourth-order valence-electron chi connectivity index (χ4n) is 1.57. The van der Waals surface area contributed by atoms with Crippen LogP contribution in [-0.4, -0.2) is 14.2 Å². The number of halogens is 2. The third-order valence-electron chi connectivity index (χ3n) is 2.56. The van der Waals surface area contributed by atoms with Gasteiger partial charge in [-0.05, 0) is 23.8 Å². The minimum atomic E-state index is 0.0600. The molecule has 2 aromatic rings. The SMILES string of the molecule is COc1csc(C(Br)c2ccc(OC)cc2Cl)c1. The van der Waals surface area contributed by atoms with E-state index >= 15 is 0 Å². The van der Waals surface area contributed by atoms with Crippen LogP contribution >= 0.6 is 38.9 Å². The van der Waals surface area contributed by atoms with E-state index in [1.165, 1.54) is 0 Å². The van der Waals surface area contributed by atoms with Crippen LogP contribution in [0, 0.1) is 0 Å². The molecule has 0 saturated heterocycles. The van der Waals surface area contributed by atoms with Crippen LogP contribution in [0.5, 0.6) is 11.5 Å². The lowest BCUT2D eigenvalue weighted by Gasteiger charge is -2.11. The lowest BCUT2D eigenvalue weighted by Crippen LogP contribution is -1.92. The first-order chi connectivity index (χ1) is 8.65. The number of rotatable bonds is 4. The van der Waals surface area contributed by atoms with Crippen molar-refractivity contribution in [3.8, 4) is 11.5 Å². The van der Waals surface area contributed by atoms with Gasteiger partial charge in [0.2, 0.25) is 0 Å². The van der Waals surface area contributed by atoms with Crippen molar-refractivity contribution in [3.05, 3.63) is 45.1 Å². The van der Waals surface area contributed by atoms with E-state index in [4.69, 9.17) is 21.1 Å². The Balaban J connectivity index is 2.30. The number of hydrogen-bond acceptors (Lipinski definition) is 3. The molecule has 2 nitrogen and oxygen atoms in total. The number of alkyl halides is 1. The van der Waals surface area contributed by atoms with Crippen molar-refractivity contribution < 1.29 is 9.47 Å². The number of benzene rings is 1. The minimum Gasteiger partial charge on any atom is -0.497 e. The van der Waals surface area contributed by atoms with Crippen molar-refractivity contribution in [2.24, 2.45) is 0 Å². The first kappa shape index (κ1) is 13.7. The van der Waals surface area contributed by atoms with Crippen LogP contribution in [0.25, 0.3) is 0 Å². The zero-order valence-electron chi connectivity index (χ0n) is 9.94. The van der Waals surface area contributed by atoms with Crippen molar-refractivity contribution in [1.29, 1.82) is 0 Å². The summed E-state index contributed by atoms with van der Waals surface area (Å²) in [5.41, 5.74) is 1.02. The topological polar surface area (TPSA) is 18.5 Å². The van der Waals surface area contributed by atoms with Crippen molar-refractivity contribution in [3.63, 3.8) is 0 Å². The van der Waals surface area contributed by atoms with E-state index in [2.05, 4.69) is 15.9 Å². The standard InChI is InChI=1S/C13H12BrClO2S/c1-16-8-3-4-10(11(15)5-8)13(14)12-6-9(17-2)7-18-12/h3-7,13H,1-2H3. The number of thiophene rings is 1. The summed E-state index contributed by atoms with van der Waals surface area (Å²) in [5.74, 6) is 1.62. The third-order valence-corrected chi connectivity index (χ3v) is 5.15. The highest BCUT2D eigenvalue weighted by atomic mass is 79.9. The van der Waals surface area contributed by atoms with E-state index in [0.717, 1.165) is 21.9 Å². The predicted octanol–water partition coefficient (Wildman–Crippen LogP) is 4.90. The molecule has 0 saturated carbocycles. The molecule has 1 unspecified atom stereocenters. The van der Waals surface area contributed by atoms with E-state index in [1.807, 2.05) is 29.6 Å². The van der Waals surface area contributed by atoms with Gasteiger partial charge < -0.3 is 9.47 Å². The molecule has 0 N–H and O–H groups in total. The van der Waals surface area contributed by atoms with Crippen molar-refractivity contribution in [2.75, 3.05) is 14.2 Å². The maximum Gasteiger partial charge on any atom is 0.129 e. The van der Waals surface area contributed by atoms with Crippen LogP contribution in [0.15, 0.2) is 29.6 Å². The average molecular weight is 348 g/mol. The average Bonchev–Trinajstić information content (AvgIpc) is 2.86. The fourth-order valence-corrected chi connectivity index (χ4v) is 3.68. The van der Waals surface area contributed by atoms with Crippen LogP contribution in [0.3, 0.4) is 0 Å². The molecule has 2 rings (SSSR count). The smallest absolute Gasteiger partial charge is 0.129 e. The van der Waals surface area contributed by atoms with Gasteiger partial charge in [-0.2, -0.15) is 0 Å². The molecular formula is C13H12BrClO2S. The second-order valence-electron chi connectivity index (χ2n) is 3.64. The lowest BCUT2D eigenvalue weighted by atomic mass is 10.1. The Bertz CT molecular complexity index is 542. The molecule has 0 aliphatic rings. The molecule has 1 heterocycles. The van der Waals surface area contributed by atoms with Crippen LogP contribution in [0.4, 0.5) is 0 Å². The number of ether oxygens (including phenoxy) is 2. The van der Waals surface area contributed by atoms with Gasteiger partial charge >= 0.3 is 0 Å². The Morgan fingerprint density at radius 3 is 2.44 bits per heavy atom. The van der Waals surface area contributed by atoms with Gasteiger partial charge in [0.05, 0.1) is 19.0 Å². The lowest BCUT2D eigenvalue weighted by molar-refractivity contribution is 0.414. The van der Waals surface area contributed by atoms with Crippen molar-refractivity contribution >= 4 is 38.9 Å². The maximum atomic E-state index is 6.26. The van der Waals surface area contributed by atoms with Gasteiger partial charge in [-0.1, -0.05) is 33.6 Å². The molecule has 1 aromatic carbocycles. The van der Waals surface area contributed by atoms with Gasteiger partial charge in [0.15, 0.2) is 0 Å². The second kappa shape index (κ2) is 5.95. The largest absolute Gasteiger partial charge is 0.497 e. The fraction of sp³-hybridized carbons (Fsp3) is 0.231. The Hall–Kier alpha value is -0.710. The Morgan fingerprint density at radius 2 is 1.89 bits per heavy atom. The van der Waals surface area contributed by atoms with Gasteiger partial charge in [-0.3, -0.25) is 0 Å². The van der Waals surface area contributed by atoms with E-state index in [0.29, 0.717) is 5.02 Å². The number of methoxy groups -OCH3 is 2. The molecule has 0 fully saturated rings. The molecule has 1 aromatic heterocycles. The molecule has 96 valence electrons. The molecule has 0 aliphatic heterocycles. The Morgan fingerprint density at radius 1 is 1.17 bits per heavy atom. The minimum absolute atomic E-state index is 0.0600. The van der Waals surface area contributed by atoms with Gasteiger partial charge in [-0.25, -0.2) is 0 Å². The summed E-state index contributed by atoms with van der Waals surface area (Å²) in [5, 5.41) is 2.66. The number of hydrogen-bond donors (Lipinski definition) is 0. The van der Waals surface area contributed by atoms with Gasteiger partial charge in [0.25, 0.3) is 0 Å². The van der Waals surface area contributed by atoms with E-state index in [9.17, 15) is 0 Å². The molecule has 0 radical (unpaired) electrons. The summed E-state index contributed by atoms with van der Waals surface area (Å²) in [4.78, 5) is 1.21. The molecular weight excluding hydrogens is 336 g/mol. The van der Waals surface area contributed by atoms with Crippen LogP contribution in [0.1, 0.15) is 15.3 Å². The Kier molecular flexibility index (Phi) is 4.54. The summed E-state index contributed by atoms with van der Waals surface area (Å²) in [6.07, 6.45) is 0. The van der Waals surface area contributed by atoms with E-state index in [-0.39, 0.29) is 4.83 Å². The van der Waals surface area contributed by atoms with E-state index < -0.39 is 0 Å². The summed E-state index contributed by atoms with van der Waals surface area (Å²) in [7, 11) is 3.29. The monoisotopic (exact) mass is 346 g/mol. The quantitative estimate of drug-likeness (QED) is 0.732. The van der Waals surface area contributed by atoms with Gasteiger partial charge in [0.1, 0.15) is 11.5 Å². The summed E-state index contributed by atoms with van der Waals surface area (Å²) < 4.78 is 10.3. The molecule has 1 atom stereocenters. The Labute approximate surface area is 124 Å². The van der Waals surface area contributed by atoms with Gasteiger partial charge in [-0.15, -0.1) is 11.3 Å². The summed E-state index contributed by atoms with van der Waals surface area (Å²) in [6.45, 7) is 0. The third kappa shape index (κ3) is 2.82. The predicted molar refractivity (Wildman–Crippen MR) is 79.6 cm³/mol. The van der Waals surface area contributed by atoms with Crippen molar-refractivity contribution in [2.45, 2.75) is 4.83 Å². The van der Waals surface area contributed by atoms with E-state index in [1.54, 1.807) is 25.6 Å². The summed E-state index contributed by atoms with van der Waals surface area (Å²) in [6, 6.07) is 7.69. The molecule has 18 heavy (non-hydrogen) atoms. The normalized spacial score (nSPS) is 12.2. The highest BCUT2D eigenvalue weighted by molar-refractivity contribution is 9.09. The first-order valence-electron chi connectivity index (χ1n) is 5.25. The summed E-state index contributed by atoms with van der Waals surface area (Å²) >= 11 is 11.6. The van der Waals surface area contributed by atoms with Crippen LogP contribution < -0.4 is 9.47 Å². The second-order valence-corrected chi connectivity index (χ2v) is 5.90. The molecule has 0 amide bonds. The van der Waals surface area contributed by atoms with Crippen molar-refractivity contribution in [1.82, 2.24) is 0 Å². The highest BCUT2D eigenvalue weighted by Gasteiger charge is 2.16. The van der Waals surface area contributed by atoms with Gasteiger partial charge in [0, 0.05) is 15.3 Å². The highest BCUT2D eigenvalue weighted by Crippen LogP contribution is 2.40. The maximum absolute atomic E-state index is 6.26.